The van der Waals surface area contributed by atoms with Crippen molar-refractivity contribution < 1.29 is 14.7 Å². The highest BCUT2D eigenvalue weighted by molar-refractivity contribution is 5.95. The van der Waals surface area contributed by atoms with Gasteiger partial charge in [-0.1, -0.05) is 12.2 Å². The van der Waals surface area contributed by atoms with Crippen molar-refractivity contribution in [1.82, 2.24) is 4.98 Å². The first-order valence-electron chi connectivity index (χ1n) is 5.77. The third-order valence-corrected chi connectivity index (χ3v) is 3.02. The van der Waals surface area contributed by atoms with E-state index >= 15 is 0 Å². The lowest BCUT2D eigenvalue weighted by Crippen LogP contribution is -2.34. The van der Waals surface area contributed by atoms with E-state index < -0.39 is 17.8 Å². The Bertz CT molecular complexity index is 470. The second-order valence-electron chi connectivity index (χ2n) is 4.22. The monoisotopic (exact) mass is 246 g/mol. The molecule has 18 heavy (non-hydrogen) atoms. The van der Waals surface area contributed by atoms with Crippen molar-refractivity contribution in [3.8, 4) is 0 Å². The molecule has 2 N–H and O–H groups in total. The van der Waals surface area contributed by atoms with Crippen molar-refractivity contribution in [2.45, 2.75) is 12.8 Å². The van der Waals surface area contributed by atoms with Gasteiger partial charge in [-0.25, -0.2) is 0 Å². The van der Waals surface area contributed by atoms with Gasteiger partial charge in [-0.15, -0.1) is 0 Å². The van der Waals surface area contributed by atoms with Gasteiger partial charge in [0.25, 0.3) is 0 Å². The van der Waals surface area contributed by atoms with Gasteiger partial charge in [-0.3, -0.25) is 14.6 Å². The van der Waals surface area contributed by atoms with Crippen LogP contribution in [0.25, 0.3) is 0 Å². The summed E-state index contributed by atoms with van der Waals surface area (Å²) in [5.74, 6) is -2.36. The van der Waals surface area contributed by atoms with Gasteiger partial charge in [0.05, 0.1) is 23.7 Å². The number of carboxylic acid groups (broad SMARTS) is 1. The first-order valence-corrected chi connectivity index (χ1v) is 5.77. The van der Waals surface area contributed by atoms with Crippen molar-refractivity contribution >= 4 is 17.6 Å². The largest absolute Gasteiger partial charge is 0.481 e. The average molecular weight is 246 g/mol. The fraction of sp³-hybridized carbons (Fsp3) is 0.308. The van der Waals surface area contributed by atoms with Crippen LogP contribution >= 0.6 is 0 Å². The zero-order chi connectivity index (χ0) is 13.0. The molecule has 0 saturated heterocycles. The number of anilines is 1. The lowest BCUT2D eigenvalue weighted by molar-refractivity contribution is -0.146. The minimum atomic E-state index is -0.925. The van der Waals surface area contributed by atoms with Gasteiger partial charge < -0.3 is 10.4 Å². The molecule has 2 atom stereocenters. The Labute approximate surface area is 105 Å². The lowest BCUT2D eigenvalue weighted by atomic mass is 9.82. The summed E-state index contributed by atoms with van der Waals surface area (Å²) in [7, 11) is 0. The highest BCUT2D eigenvalue weighted by Crippen LogP contribution is 2.27. The lowest BCUT2D eigenvalue weighted by Gasteiger charge is -2.24. The highest BCUT2D eigenvalue weighted by atomic mass is 16.4. The molecule has 0 radical (unpaired) electrons. The molecule has 0 fully saturated rings. The number of aromatic nitrogens is 1. The fourth-order valence-corrected chi connectivity index (χ4v) is 2.05. The zero-order valence-electron chi connectivity index (χ0n) is 9.74. The van der Waals surface area contributed by atoms with Crippen LogP contribution in [0.5, 0.6) is 0 Å². The molecule has 5 heteroatoms. The van der Waals surface area contributed by atoms with Crippen LogP contribution in [0.4, 0.5) is 5.69 Å². The maximum Gasteiger partial charge on any atom is 0.307 e. The summed E-state index contributed by atoms with van der Waals surface area (Å²) in [5.41, 5.74) is 0.584. The number of aliphatic carboxylic acids is 1. The van der Waals surface area contributed by atoms with Crippen LogP contribution in [0, 0.1) is 11.8 Å². The van der Waals surface area contributed by atoms with E-state index in [0.29, 0.717) is 18.5 Å². The first-order chi connectivity index (χ1) is 8.68. The molecule has 5 nitrogen and oxygen atoms in total. The molecule has 1 aromatic heterocycles. The Kier molecular flexibility index (Phi) is 3.72. The number of hydrogen-bond acceptors (Lipinski definition) is 3. The summed E-state index contributed by atoms with van der Waals surface area (Å²) in [6.45, 7) is 0. The third-order valence-electron chi connectivity index (χ3n) is 3.02. The highest BCUT2D eigenvalue weighted by Gasteiger charge is 2.33. The number of rotatable bonds is 3. The second-order valence-corrected chi connectivity index (χ2v) is 4.22. The molecule has 1 aromatic rings. The number of carbonyl (C=O) groups is 2. The number of carbonyl (C=O) groups excluding carboxylic acids is 1. The summed E-state index contributed by atoms with van der Waals surface area (Å²) in [4.78, 5) is 27.0. The van der Waals surface area contributed by atoms with Gasteiger partial charge >= 0.3 is 5.97 Å². The van der Waals surface area contributed by atoms with Crippen molar-refractivity contribution in [3.63, 3.8) is 0 Å². The Morgan fingerprint density at radius 2 is 2.00 bits per heavy atom. The molecule has 0 spiro atoms. The zero-order valence-corrected chi connectivity index (χ0v) is 9.74. The Morgan fingerprint density at radius 1 is 1.28 bits per heavy atom. The predicted octanol–water partition coefficient (Wildman–Crippen LogP) is 1.69. The van der Waals surface area contributed by atoms with Crippen molar-refractivity contribution in [2.75, 3.05) is 5.32 Å². The van der Waals surface area contributed by atoms with Crippen LogP contribution in [0.3, 0.4) is 0 Å². The summed E-state index contributed by atoms with van der Waals surface area (Å²) >= 11 is 0. The van der Waals surface area contributed by atoms with Gasteiger partial charge in [0.1, 0.15) is 0 Å². The number of amides is 1. The summed E-state index contributed by atoms with van der Waals surface area (Å²) < 4.78 is 0. The quantitative estimate of drug-likeness (QED) is 0.795. The van der Waals surface area contributed by atoms with Crippen molar-refractivity contribution in [3.05, 3.63) is 36.7 Å². The van der Waals surface area contributed by atoms with Crippen LogP contribution in [0.2, 0.25) is 0 Å². The molecular weight excluding hydrogens is 232 g/mol. The van der Waals surface area contributed by atoms with Gasteiger partial charge in [0.15, 0.2) is 0 Å². The number of hydrogen-bond donors (Lipinski definition) is 2. The average Bonchev–Trinajstić information content (AvgIpc) is 2.40. The van der Waals surface area contributed by atoms with Gasteiger partial charge in [-0.2, -0.15) is 0 Å². The number of pyridine rings is 1. The molecular formula is C13H14N2O3. The van der Waals surface area contributed by atoms with E-state index in [4.69, 9.17) is 5.11 Å². The fourth-order valence-electron chi connectivity index (χ4n) is 2.05. The molecule has 0 saturated carbocycles. The molecule has 1 aliphatic carbocycles. The van der Waals surface area contributed by atoms with Crippen LogP contribution in [-0.4, -0.2) is 22.0 Å². The molecule has 0 aromatic carbocycles. The summed E-state index contributed by atoms with van der Waals surface area (Å²) in [6, 6.07) is 3.43. The maximum atomic E-state index is 12.0. The molecule has 1 amide bonds. The van der Waals surface area contributed by atoms with Crippen molar-refractivity contribution in [2.24, 2.45) is 11.8 Å². The van der Waals surface area contributed by atoms with Gasteiger partial charge in [-0.05, 0) is 25.0 Å². The van der Waals surface area contributed by atoms with E-state index in [1.165, 1.54) is 6.20 Å². The smallest absolute Gasteiger partial charge is 0.307 e. The number of carboxylic acids is 1. The van der Waals surface area contributed by atoms with Crippen molar-refractivity contribution in [1.29, 1.82) is 0 Å². The van der Waals surface area contributed by atoms with Crippen LogP contribution in [0.1, 0.15) is 12.8 Å². The Hall–Kier alpha value is -2.17. The summed E-state index contributed by atoms with van der Waals surface area (Å²) in [6.07, 6.45) is 7.68. The normalized spacial score (nSPS) is 22.4. The van der Waals surface area contributed by atoms with Crippen LogP contribution in [-0.2, 0) is 9.59 Å². The Morgan fingerprint density at radius 3 is 2.61 bits per heavy atom. The topological polar surface area (TPSA) is 79.3 Å². The molecule has 0 aliphatic heterocycles. The van der Waals surface area contributed by atoms with E-state index in [0.717, 1.165) is 0 Å². The van der Waals surface area contributed by atoms with E-state index in [2.05, 4.69) is 10.3 Å². The molecule has 2 rings (SSSR count). The van der Waals surface area contributed by atoms with E-state index in [1.807, 2.05) is 12.2 Å². The van der Waals surface area contributed by atoms with Crippen LogP contribution < -0.4 is 5.32 Å². The van der Waals surface area contributed by atoms with E-state index in [-0.39, 0.29) is 5.91 Å². The Balaban J connectivity index is 2.08. The third kappa shape index (κ3) is 2.74. The van der Waals surface area contributed by atoms with Gasteiger partial charge in [0.2, 0.25) is 5.91 Å². The van der Waals surface area contributed by atoms with E-state index in [1.54, 1.807) is 18.3 Å². The van der Waals surface area contributed by atoms with Crippen LogP contribution in [0.15, 0.2) is 36.7 Å². The minimum Gasteiger partial charge on any atom is -0.481 e. The standard InChI is InChI=1S/C13H14N2O3/c16-12(15-9-4-3-7-14-8-9)10-5-1-2-6-11(10)13(17)18/h1-4,7-8,10-11H,5-6H2,(H,15,16)(H,17,18)/t10-,11+/m0/s1. The molecule has 0 bridgehead atoms. The SMILES string of the molecule is O=C(Nc1cccnc1)[C@H]1CC=CC[C@H]1C(=O)O. The number of nitrogens with zero attached hydrogens (tertiary/aromatic N) is 1. The predicted molar refractivity (Wildman–Crippen MR) is 65.9 cm³/mol. The van der Waals surface area contributed by atoms with Gasteiger partial charge in [0, 0.05) is 6.20 Å². The molecule has 94 valence electrons. The molecule has 1 aliphatic rings. The van der Waals surface area contributed by atoms with E-state index in [9.17, 15) is 9.59 Å². The second kappa shape index (κ2) is 5.44. The molecule has 0 unspecified atom stereocenters. The number of nitrogens with one attached hydrogen (secondary N) is 1. The maximum absolute atomic E-state index is 12.0. The first kappa shape index (κ1) is 12.3. The molecule has 1 heterocycles. The number of allylic oxidation sites excluding steroid dienone is 2. The minimum absolute atomic E-state index is 0.264. The summed E-state index contributed by atoms with van der Waals surface area (Å²) in [5, 5.41) is 11.8.